The molecule has 4 aromatic rings. The summed E-state index contributed by atoms with van der Waals surface area (Å²) in [6, 6.07) is 28.0. The molecule has 0 aromatic heterocycles. The molecule has 192 valence electrons. The number of nitrogens with one attached hydrogen (secondary N) is 2. The van der Waals surface area contributed by atoms with Gasteiger partial charge >= 0.3 is 0 Å². The normalized spacial score (nSPS) is 10.7. The van der Waals surface area contributed by atoms with E-state index in [0.29, 0.717) is 32.8 Å². The Kier molecular flexibility index (Phi) is 9.34. The van der Waals surface area contributed by atoms with Gasteiger partial charge in [0.1, 0.15) is 18.1 Å². The number of para-hydroxylation sites is 1. The van der Waals surface area contributed by atoms with E-state index in [4.69, 9.17) is 32.7 Å². The largest absolute Gasteiger partial charge is 0.489 e. The van der Waals surface area contributed by atoms with E-state index >= 15 is 0 Å². The van der Waals surface area contributed by atoms with Crippen LogP contribution >= 0.6 is 23.2 Å². The molecule has 4 rings (SSSR count). The van der Waals surface area contributed by atoms with Crippen LogP contribution in [0.3, 0.4) is 0 Å². The number of anilines is 1. The van der Waals surface area contributed by atoms with Gasteiger partial charge in [0.2, 0.25) is 0 Å². The van der Waals surface area contributed by atoms with Crippen molar-refractivity contribution in [1.82, 2.24) is 5.43 Å². The Labute approximate surface area is 230 Å². The van der Waals surface area contributed by atoms with E-state index < -0.39 is 0 Å². The molecule has 7 nitrogen and oxygen atoms in total. The van der Waals surface area contributed by atoms with Gasteiger partial charge < -0.3 is 14.8 Å². The van der Waals surface area contributed by atoms with Crippen molar-refractivity contribution < 1.29 is 19.1 Å². The van der Waals surface area contributed by atoms with Gasteiger partial charge in [0.25, 0.3) is 11.8 Å². The number of carbonyl (C=O) groups excluding carboxylic acids is 2. The van der Waals surface area contributed by atoms with Gasteiger partial charge in [-0.3, -0.25) is 9.59 Å². The second kappa shape index (κ2) is 13.3. The van der Waals surface area contributed by atoms with Crippen LogP contribution < -0.4 is 20.2 Å². The Hall–Kier alpha value is -4.33. The van der Waals surface area contributed by atoms with E-state index in [1.807, 2.05) is 18.2 Å². The SMILES string of the molecule is O=C(COc1ccc(/C=N\NC(=O)c2ccc(OCc3ccc(Cl)cc3Cl)cc2)cc1)Nc1ccccc1. The summed E-state index contributed by atoms with van der Waals surface area (Å²) in [5.74, 6) is 0.513. The van der Waals surface area contributed by atoms with Crippen LogP contribution in [0.1, 0.15) is 21.5 Å². The molecule has 0 radical (unpaired) electrons. The van der Waals surface area contributed by atoms with Crippen LogP contribution in [0.4, 0.5) is 5.69 Å². The Morgan fingerprint density at radius 2 is 1.50 bits per heavy atom. The standard InChI is InChI=1S/C29H23Cl2N3O4/c30-23-11-8-22(27(31)16-23)18-37-26-14-9-21(10-15-26)29(36)34-32-17-20-6-12-25(13-7-20)38-19-28(35)33-24-4-2-1-3-5-24/h1-17H,18-19H2,(H,33,35)(H,34,36)/b32-17-. The lowest BCUT2D eigenvalue weighted by Crippen LogP contribution is -2.20. The van der Waals surface area contributed by atoms with Crippen LogP contribution in [0.15, 0.2) is 102 Å². The van der Waals surface area contributed by atoms with Gasteiger partial charge in [0.15, 0.2) is 6.61 Å². The molecule has 0 aliphatic heterocycles. The third kappa shape index (κ3) is 8.09. The number of ether oxygens (including phenoxy) is 2. The molecule has 38 heavy (non-hydrogen) atoms. The molecule has 2 amide bonds. The molecular weight excluding hydrogens is 525 g/mol. The molecule has 0 saturated carbocycles. The highest BCUT2D eigenvalue weighted by Gasteiger charge is 2.07. The molecule has 0 bridgehead atoms. The highest BCUT2D eigenvalue weighted by Crippen LogP contribution is 2.23. The third-order valence-electron chi connectivity index (χ3n) is 5.21. The Balaban J connectivity index is 1.21. The molecule has 0 aliphatic carbocycles. The summed E-state index contributed by atoms with van der Waals surface area (Å²) in [6.07, 6.45) is 1.51. The number of hydrogen-bond donors (Lipinski definition) is 2. The number of rotatable bonds is 10. The van der Waals surface area contributed by atoms with E-state index in [2.05, 4.69) is 15.8 Å². The fourth-order valence-electron chi connectivity index (χ4n) is 3.25. The van der Waals surface area contributed by atoms with Crippen LogP contribution in [0.5, 0.6) is 11.5 Å². The zero-order chi connectivity index (χ0) is 26.7. The molecule has 2 N–H and O–H groups in total. The second-order valence-corrected chi connectivity index (χ2v) is 8.86. The highest BCUT2D eigenvalue weighted by molar-refractivity contribution is 6.35. The molecule has 0 saturated heterocycles. The number of benzene rings is 4. The first-order valence-electron chi connectivity index (χ1n) is 11.5. The summed E-state index contributed by atoms with van der Waals surface area (Å²) in [5.41, 5.74) is 5.18. The number of hydrazone groups is 1. The van der Waals surface area contributed by atoms with E-state index in [1.54, 1.807) is 78.9 Å². The summed E-state index contributed by atoms with van der Waals surface area (Å²) < 4.78 is 11.2. The van der Waals surface area contributed by atoms with Crippen LogP contribution in [-0.4, -0.2) is 24.6 Å². The summed E-state index contributed by atoms with van der Waals surface area (Å²) in [4.78, 5) is 24.4. The van der Waals surface area contributed by atoms with Gasteiger partial charge in [-0.2, -0.15) is 5.10 Å². The average Bonchev–Trinajstić information content (AvgIpc) is 2.93. The van der Waals surface area contributed by atoms with E-state index in [9.17, 15) is 9.59 Å². The number of carbonyl (C=O) groups is 2. The minimum absolute atomic E-state index is 0.114. The van der Waals surface area contributed by atoms with Crippen molar-refractivity contribution in [2.75, 3.05) is 11.9 Å². The van der Waals surface area contributed by atoms with Gasteiger partial charge in [-0.1, -0.05) is 47.5 Å². The molecule has 0 spiro atoms. The van der Waals surface area contributed by atoms with Gasteiger partial charge in [-0.15, -0.1) is 0 Å². The van der Waals surface area contributed by atoms with Crippen molar-refractivity contribution in [3.8, 4) is 11.5 Å². The van der Waals surface area contributed by atoms with Crippen LogP contribution in [-0.2, 0) is 11.4 Å². The number of hydrogen-bond acceptors (Lipinski definition) is 5. The average molecular weight is 548 g/mol. The topological polar surface area (TPSA) is 89.0 Å². The summed E-state index contributed by atoms with van der Waals surface area (Å²) in [7, 11) is 0. The number of nitrogens with zero attached hydrogens (tertiary/aromatic N) is 1. The first kappa shape index (κ1) is 26.7. The first-order chi connectivity index (χ1) is 18.5. The van der Waals surface area contributed by atoms with Gasteiger partial charge in [0, 0.05) is 26.9 Å². The van der Waals surface area contributed by atoms with Crippen molar-refractivity contribution in [2.45, 2.75) is 6.61 Å². The summed E-state index contributed by atoms with van der Waals surface area (Å²) in [6.45, 7) is 0.160. The third-order valence-corrected chi connectivity index (χ3v) is 5.80. The zero-order valence-corrected chi connectivity index (χ0v) is 21.6. The smallest absolute Gasteiger partial charge is 0.271 e. The molecule has 0 unspecified atom stereocenters. The van der Waals surface area contributed by atoms with Gasteiger partial charge in [0.05, 0.1) is 6.21 Å². The maximum absolute atomic E-state index is 12.4. The monoisotopic (exact) mass is 547 g/mol. The Morgan fingerprint density at radius 1 is 0.816 bits per heavy atom. The maximum Gasteiger partial charge on any atom is 0.271 e. The van der Waals surface area contributed by atoms with Gasteiger partial charge in [-0.25, -0.2) is 5.43 Å². The Morgan fingerprint density at radius 3 is 2.21 bits per heavy atom. The Bertz CT molecular complexity index is 1410. The number of amides is 2. The maximum atomic E-state index is 12.4. The predicted octanol–water partition coefficient (Wildman–Crippen LogP) is 6.35. The number of halogens is 2. The lowest BCUT2D eigenvalue weighted by Gasteiger charge is -2.09. The highest BCUT2D eigenvalue weighted by atomic mass is 35.5. The predicted molar refractivity (Wildman–Crippen MR) is 149 cm³/mol. The van der Waals surface area contributed by atoms with Crippen molar-refractivity contribution in [3.05, 3.63) is 124 Å². The fourth-order valence-corrected chi connectivity index (χ4v) is 3.71. The lowest BCUT2D eigenvalue weighted by atomic mass is 10.2. The van der Waals surface area contributed by atoms with E-state index in [-0.39, 0.29) is 25.0 Å². The van der Waals surface area contributed by atoms with Gasteiger partial charge in [-0.05, 0) is 78.4 Å². The van der Waals surface area contributed by atoms with Crippen molar-refractivity contribution in [2.24, 2.45) is 5.10 Å². The van der Waals surface area contributed by atoms with Crippen molar-refractivity contribution >= 4 is 46.9 Å². The molecule has 0 fully saturated rings. The summed E-state index contributed by atoms with van der Waals surface area (Å²) in [5, 5.41) is 7.84. The van der Waals surface area contributed by atoms with Crippen LogP contribution in [0, 0.1) is 0 Å². The molecule has 9 heteroatoms. The molecule has 4 aromatic carbocycles. The lowest BCUT2D eigenvalue weighted by molar-refractivity contribution is -0.118. The van der Waals surface area contributed by atoms with Crippen LogP contribution in [0.2, 0.25) is 10.0 Å². The minimum Gasteiger partial charge on any atom is -0.489 e. The molecule has 0 heterocycles. The fraction of sp³-hybridized carbons (Fsp3) is 0.0690. The molecule has 0 atom stereocenters. The second-order valence-electron chi connectivity index (χ2n) is 8.02. The van der Waals surface area contributed by atoms with Crippen LogP contribution in [0.25, 0.3) is 0 Å². The van der Waals surface area contributed by atoms with E-state index in [0.717, 1.165) is 11.1 Å². The molecule has 0 aliphatic rings. The minimum atomic E-state index is -0.363. The molecular formula is C29H23Cl2N3O4. The zero-order valence-electron chi connectivity index (χ0n) is 20.1. The van der Waals surface area contributed by atoms with Crippen molar-refractivity contribution in [3.63, 3.8) is 0 Å². The van der Waals surface area contributed by atoms with Crippen molar-refractivity contribution in [1.29, 1.82) is 0 Å². The summed E-state index contributed by atoms with van der Waals surface area (Å²) >= 11 is 12.1. The quantitative estimate of drug-likeness (QED) is 0.179. The van der Waals surface area contributed by atoms with E-state index in [1.165, 1.54) is 6.21 Å². The first-order valence-corrected chi connectivity index (χ1v) is 12.3.